The first-order chi connectivity index (χ1) is 8.66. The van der Waals surface area contributed by atoms with Gasteiger partial charge in [-0.2, -0.15) is 0 Å². The van der Waals surface area contributed by atoms with Gasteiger partial charge in [-0.15, -0.1) is 0 Å². The number of hydrogen-bond acceptors (Lipinski definition) is 1. The lowest BCUT2D eigenvalue weighted by Crippen LogP contribution is -1.99. The molecule has 0 heterocycles. The fraction of sp³-hybridized carbons (Fsp3) is 0.235. The number of aliphatic imine (C=N–C) groups is 1. The molecule has 92 valence electrons. The van der Waals surface area contributed by atoms with Gasteiger partial charge in [0.05, 0.1) is 6.04 Å². The van der Waals surface area contributed by atoms with Crippen LogP contribution in [0.15, 0.2) is 59.6 Å². The van der Waals surface area contributed by atoms with E-state index in [1.54, 1.807) is 0 Å². The zero-order valence-electron chi connectivity index (χ0n) is 11.2. The molecule has 2 aromatic rings. The minimum atomic E-state index is 0.201. The van der Waals surface area contributed by atoms with Crippen molar-refractivity contribution >= 4 is 5.71 Å². The van der Waals surface area contributed by atoms with Gasteiger partial charge < -0.3 is 0 Å². The highest BCUT2D eigenvalue weighted by Crippen LogP contribution is 2.17. The van der Waals surface area contributed by atoms with Gasteiger partial charge in [-0.3, -0.25) is 4.99 Å². The summed E-state index contributed by atoms with van der Waals surface area (Å²) < 4.78 is 0. The van der Waals surface area contributed by atoms with E-state index >= 15 is 0 Å². The largest absolute Gasteiger partial charge is 0.282 e. The summed E-state index contributed by atoms with van der Waals surface area (Å²) in [6, 6.07) is 19.1. The van der Waals surface area contributed by atoms with Crippen LogP contribution < -0.4 is 0 Å². The second kappa shape index (κ2) is 5.63. The van der Waals surface area contributed by atoms with Gasteiger partial charge in [-0.05, 0) is 31.9 Å². The molecule has 1 unspecified atom stereocenters. The fourth-order valence-corrected chi connectivity index (χ4v) is 1.97. The quantitative estimate of drug-likeness (QED) is 0.694. The summed E-state index contributed by atoms with van der Waals surface area (Å²) in [5.41, 5.74) is 4.82. The second-order valence-corrected chi connectivity index (χ2v) is 4.67. The Hall–Kier alpha value is -1.89. The van der Waals surface area contributed by atoms with E-state index in [0.29, 0.717) is 0 Å². The summed E-state index contributed by atoms with van der Waals surface area (Å²) in [5, 5.41) is 0. The number of nitrogens with zero attached hydrogens (tertiary/aromatic N) is 1. The molecule has 0 fully saturated rings. The summed E-state index contributed by atoms with van der Waals surface area (Å²) in [4.78, 5) is 4.76. The average Bonchev–Trinajstić information content (AvgIpc) is 2.40. The molecule has 0 amide bonds. The first-order valence-electron chi connectivity index (χ1n) is 6.33. The molecule has 0 N–H and O–H groups in total. The summed E-state index contributed by atoms with van der Waals surface area (Å²) in [6.45, 7) is 6.31. The van der Waals surface area contributed by atoms with E-state index in [9.17, 15) is 0 Å². The number of aryl methyl sites for hydroxylation is 1. The Morgan fingerprint density at radius 1 is 0.944 bits per heavy atom. The van der Waals surface area contributed by atoms with E-state index in [-0.39, 0.29) is 6.04 Å². The van der Waals surface area contributed by atoms with E-state index < -0.39 is 0 Å². The lowest BCUT2D eigenvalue weighted by molar-refractivity contribution is 0.819. The van der Waals surface area contributed by atoms with Gasteiger partial charge >= 0.3 is 0 Å². The monoisotopic (exact) mass is 237 g/mol. The zero-order chi connectivity index (χ0) is 13.0. The second-order valence-electron chi connectivity index (χ2n) is 4.67. The molecule has 0 aliphatic heterocycles. The Morgan fingerprint density at radius 3 is 2.17 bits per heavy atom. The predicted molar refractivity (Wildman–Crippen MR) is 78.2 cm³/mol. The lowest BCUT2D eigenvalue weighted by Gasteiger charge is -2.09. The normalized spacial score (nSPS) is 13.4. The lowest BCUT2D eigenvalue weighted by atomic mass is 10.1. The smallest absolute Gasteiger partial charge is 0.0724 e. The van der Waals surface area contributed by atoms with Crippen LogP contribution in [-0.4, -0.2) is 5.71 Å². The first-order valence-corrected chi connectivity index (χ1v) is 6.33. The first kappa shape index (κ1) is 12.6. The SMILES string of the molecule is CC(=NC(C)c1ccccc1)c1ccc(C)cc1. The third-order valence-electron chi connectivity index (χ3n) is 3.14. The standard InChI is InChI=1S/C17H19N/c1-13-9-11-17(12-10-13)15(3)18-14(2)16-7-5-4-6-8-16/h4-12,14H,1-3H3. The van der Waals surface area contributed by atoms with Crippen molar-refractivity contribution < 1.29 is 0 Å². The van der Waals surface area contributed by atoms with Gasteiger partial charge in [0.25, 0.3) is 0 Å². The summed E-state index contributed by atoms with van der Waals surface area (Å²) in [6.07, 6.45) is 0. The summed E-state index contributed by atoms with van der Waals surface area (Å²) in [7, 11) is 0. The molecular weight excluding hydrogens is 218 g/mol. The van der Waals surface area contributed by atoms with Crippen LogP contribution in [0.2, 0.25) is 0 Å². The molecule has 2 rings (SSSR count). The minimum absolute atomic E-state index is 0.201. The highest BCUT2D eigenvalue weighted by atomic mass is 14.8. The molecule has 0 bridgehead atoms. The van der Waals surface area contributed by atoms with E-state index in [0.717, 1.165) is 5.71 Å². The van der Waals surface area contributed by atoms with Crippen molar-refractivity contribution in [1.82, 2.24) is 0 Å². The average molecular weight is 237 g/mol. The van der Waals surface area contributed by atoms with Crippen molar-refractivity contribution in [2.45, 2.75) is 26.8 Å². The van der Waals surface area contributed by atoms with E-state index in [1.807, 2.05) is 6.07 Å². The molecular formula is C17H19N. The summed E-state index contributed by atoms with van der Waals surface area (Å²) in [5.74, 6) is 0. The van der Waals surface area contributed by atoms with Gasteiger partial charge in [0.1, 0.15) is 0 Å². The minimum Gasteiger partial charge on any atom is -0.282 e. The van der Waals surface area contributed by atoms with E-state index in [1.165, 1.54) is 16.7 Å². The number of hydrogen-bond donors (Lipinski definition) is 0. The van der Waals surface area contributed by atoms with Crippen LogP contribution in [-0.2, 0) is 0 Å². The summed E-state index contributed by atoms with van der Waals surface area (Å²) >= 11 is 0. The molecule has 0 spiro atoms. The van der Waals surface area contributed by atoms with Crippen molar-refractivity contribution in [1.29, 1.82) is 0 Å². The fourth-order valence-electron chi connectivity index (χ4n) is 1.97. The Balaban J connectivity index is 2.20. The van der Waals surface area contributed by atoms with Crippen molar-refractivity contribution in [3.8, 4) is 0 Å². The van der Waals surface area contributed by atoms with Crippen molar-refractivity contribution in [2.75, 3.05) is 0 Å². The molecule has 0 aliphatic carbocycles. The number of benzene rings is 2. The van der Waals surface area contributed by atoms with Crippen molar-refractivity contribution in [3.63, 3.8) is 0 Å². The van der Waals surface area contributed by atoms with Crippen LogP contribution in [0.4, 0.5) is 0 Å². The topological polar surface area (TPSA) is 12.4 Å². The molecule has 1 heteroatoms. The van der Waals surface area contributed by atoms with Crippen LogP contribution in [0, 0.1) is 6.92 Å². The molecule has 1 nitrogen and oxygen atoms in total. The maximum Gasteiger partial charge on any atom is 0.0724 e. The molecule has 0 saturated heterocycles. The highest BCUT2D eigenvalue weighted by Gasteiger charge is 2.04. The highest BCUT2D eigenvalue weighted by molar-refractivity contribution is 5.98. The Kier molecular flexibility index (Phi) is 3.93. The van der Waals surface area contributed by atoms with Crippen LogP contribution in [0.3, 0.4) is 0 Å². The van der Waals surface area contributed by atoms with Crippen molar-refractivity contribution in [2.24, 2.45) is 4.99 Å². The van der Waals surface area contributed by atoms with Crippen LogP contribution in [0.25, 0.3) is 0 Å². The van der Waals surface area contributed by atoms with Gasteiger partial charge in [0.15, 0.2) is 0 Å². The van der Waals surface area contributed by atoms with E-state index in [2.05, 4.69) is 69.3 Å². The van der Waals surface area contributed by atoms with Crippen LogP contribution in [0.1, 0.15) is 36.6 Å². The Bertz CT molecular complexity index is 523. The van der Waals surface area contributed by atoms with E-state index in [4.69, 9.17) is 4.99 Å². The van der Waals surface area contributed by atoms with Crippen LogP contribution >= 0.6 is 0 Å². The molecule has 18 heavy (non-hydrogen) atoms. The Labute approximate surface area is 109 Å². The predicted octanol–water partition coefficient (Wildman–Crippen LogP) is 4.57. The Morgan fingerprint density at radius 2 is 1.56 bits per heavy atom. The van der Waals surface area contributed by atoms with Gasteiger partial charge in [0.2, 0.25) is 0 Å². The molecule has 1 atom stereocenters. The zero-order valence-corrected chi connectivity index (χ0v) is 11.2. The molecule has 0 radical (unpaired) electrons. The van der Waals surface area contributed by atoms with Gasteiger partial charge in [-0.25, -0.2) is 0 Å². The third kappa shape index (κ3) is 3.07. The molecule has 0 aliphatic rings. The van der Waals surface area contributed by atoms with Gasteiger partial charge in [-0.1, -0.05) is 60.2 Å². The maximum absolute atomic E-state index is 4.76. The van der Waals surface area contributed by atoms with Crippen molar-refractivity contribution in [3.05, 3.63) is 71.3 Å². The third-order valence-corrected chi connectivity index (χ3v) is 3.14. The molecule has 0 saturated carbocycles. The maximum atomic E-state index is 4.76. The molecule has 2 aromatic carbocycles. The molecule has 0 aromatic heterocycles. The van der Waals surface area contributed by atoms with Crippen LogP contribution in [0.5, 0.6) is 0 Å². The van der Waals surface area contributed by atoms with Gasteiger partial charge in [0, 0.05) is 5.71 Å². The number of rotatable bonds is 3.